The fraction of sp³-hybridized carbons (Fsp3) is 0.273. The van der Waals surface area contributed by atoms with Crippen LogP contribution >= 0.6 is 23.6 Å². The summed E-state index contributed by atoms with van der Waals surface area (Å²) in [5.74, 6) is -0.326. The molecular weight excluding hydrogens is 286 g/mol. The second-order valence-electron chi connectivity index (χ2n) is 3.76. The Morgan fingerprint density at radius 3 is 2.79 bits per heavy atom. The standard InChI is InChI=1S/C11H11N3O3S2/c15-9(16)2-1-5-14-10(17)7(19-11(14)18)6-8-12-3-4-13-8/h3-4,6,17H,1-2,5H2,(H,15,16). The van der Waals surface area contributed by atoms with Crippen LogP contribution in [0, 0.1) is 3.95 Å². The summed E-state index contributed by atoms with van der Waals surface area (Å²) in [5, 5.41) is 18.6. The van der Waals surface area contributed by atoms with Crippen LogP contribution in [0.15, 0.2) is 15.8 Å². The topological polar surface area (TPSA) is 87.2 Å². The van der Waals surface area contributed by atoms with E-state index in [9.17, 15) is 9.90 Å². The Hall–Kier alpha value is -1.80. The summed E-state index contributed by atoms with van der Waals surface area (Å²) in [6.07, 6.45) is 5.23. The number of nitrogens with zero attached hydrogens (tertiary/aromatic N) is 3. The summed E-state index contributed by atoms with van der Waals surface area (Å²) in [7, 11) is 0. The first-order valence-electron chi connectivity index (χ1n) is 5.50. The Labute approximate surface area is 118 Å². The van der Waals surface area contributed by atoms with Crippen LogP contribution in [0.5, 0.6) is 5.88 Å². The van der Waals surface area contributed by atoms with Crippen molar-refractivity contribution in [3.05, 3.63) is 14.7 Å². The Bertz CT molecular complexity index is 626. The molecule has 0 saturated heterocycles. The van der Waals surface area contributed by atoms with Crippen molar-refractivity contribution < 1.29 is 15.0 Å². The first-order valence-corrected chi connectivity index (χ1v) is 6.73. The van der Waals surface area contributed by atoms with Gasteiger partial charge in [-0.2, -0.15) is 0 Å². The van der Waals surface area contributed by atoms with Gasteiger partial charge in [-0.3, -0.25) is 9.36 Å². The molecule has 0 aliphatic carbocycles. The van der Waals surface area contributed by atoms with E-state index >= 15 is 0 Å². The van der Waals surface area contributed by atoms with Gasteiger partial charge >= 0.3 is 5.97 Å². The molecule has 2 rings (SSSR count). The lowest BCUT2D eigenvalue weighted by atomic mass is 10.3. The van der Waals surface area contributed by atoms with Crippen molar-refractivity contribution in [3.8, 4) is 5.88 Å². The van der Waals surface area contributed by atoms with Crippen molar-refractivity contribution in [2.24, 2.45) is 9.98 Å². The van der Waals surface area contributed by atoms with Crippen LogP contribution in [-0.2, 0) is 11.3 Å². The third-order valence-corrected chi connectivity index (χ3v) is 3.79. The number of carboxylic acid groups (broad SMARTS) is 1. The van der Waals surface area contributed by atoms with Gasteiger partial charge < -0.3 is 10.2 Å². The van der Waals surface area contributed by atoms with Gasteiger partial charge in [0.1, 0.15) is 0 Å². The number of aliphatic imine (C=N–C) groups is 2. The van der Waals surface area contributed by atoms with Crippen molar-refractivity contribution in [1.29, 1.82) is 0 Å². The summed E-state index contributed by atoms with van der Waals surface area (Å²) in [6, 6.07) is 0. The summed E-state index contributed by atoms with van der Waals surface area (Å²) in [4.78, 5) is 19.0. The molecule has 1 aliphatic heterocycles. The number of thiazole rings is 1. The second kappa shape index (κ2) is 5.89. The maximum Gasteiger partial charge on any atom is 0.303 e. The zero-order valence-electron chi connectivity index (χ0n) is 9.81. The number of aromatic hydroxyl groups is 1. The molecule has 19 heavy (non-hydrogen) atoms. The van der Waals surface area contributed by atoms with Crippen LogP contribution < -0.4 is 0 Å². The van der Waals surface area contributed by atoms with E-state index in [0.717, 1.165) is 0 Å². The molecule has 0 amide bonds. The van der Waals surface area contributed by atoms with Gasteiger partial charge in [-0.1, -0.05) is 0 Å². The fourth-order valence-corrected chi connectivity index (χ4v) is 2.83. The predicted octanol–water partition coefficient (Wildman–Crippen LogP) is 2.30. The van der Waals surface area contributed by atoms with Crippen LogP contribution in [0.4, 0.5) is 0 Å². The Morgan fingerprint density at radius 1 is 1.47 bits per heavy atom. The summed E-state index contributed by atoms with van der Waals surface area (Å²) in [5.41, 5.74) is 0. The SMILES string of the molecule is O=C(O)CCCn1c(O)c(C=C2N=CC=N2)sc1=S. The van der Waals surface area contributed by atoms with Crippen LogP contribution in [0.2, 0.25) is 0 Å². The second-order valence-corrected chi connectivity index (χ2v) is 5.44. The van der Waals surface area contributed by atoms with Crippen molar-refractivity contribution >= 4 is 48.0 Å². The van der Waals surface area contributed by atoms with E-state index in [1.807, 2.05) is 0 Å². The molecule has 0 aromatic carbocycles. The van der Waals surface area contributed by atoms with E-state index in [-0.39, 0.29) is 12.3 Å². The Kier molecular flexibility index (Phi) is 4.23. The first-order chi connectivity index (χ1) is 9.08. The highest BCUT2D eigenvalue weighted by Crippen LogP contribution is 2.29. The van der Waals surface area contributed by atoms with Crippen LogP contribution in [-0.4, -0.2) is 33.2 Å². The van der Waals surface area contributed by atoms with E-state index in [4.69, 9.17) is 17.3 Å². The largest absolute Gasteiger partial charge is 0.493 e. The molecule has 8 heteroatoms. The molecule has 0 atom stereocenters. The van der Waals surface area contributed by atoms with Crippen molar-refractivity contribution in [2.75, 3.05) is 0 Å². The number of carboxylic acids is 1. The zero-order chi connectivity index (χ0) is 13.8. The number of hydrogen-bond donors (Lipinski definition) is 2. The highest BCUT2D eigenvalue weighted by molar-refractivity contribution is 7.73. The van der Waals surface area contributed by atoms with Gasteiger partial charge in [-0.15, -0.1) is 11.3 Å². The normalized spacial score (nSPS) is 13.2. The molecule has 0 saturated carbocycles. The van der Waals surface area contributed by atoms with Gasteiger partial charge in [-0.25, -0.2) is 9.98 Å². The van der Waals surface area contributed by atoms with Crippen LogP contribution in [0.25, 0.3) is 6.08 Å². The smallest absolute Gasteiger partial charge is 0.303 e. The molecule has 100 valence electrons. The molecule has 1 aliphatic rings. The third kappa shape index (κ3) is 3.36. The van der Waals surface area contributed by atoms with Gasteiger partial charge in [0.15, 0.2) is 9.78 Å². The van der Waals surface area contributed by atoms with Gasteiger partial charge in [0.2, 0.25) is 5.88 Å². The minimum absolute atomic E-state index is 0.0326. The predicted molar refractivity (Wildman–Crippen MR) is 76.6 cm³/mol. The monoisotopic (exact) mass is 297 g/mol. The highest BCUT2D eigenvalue weighted by atomic mass is 32.1. The van der Waals surface area contributed by atoms with Gasteiger partial charge in [0, 0.05) is 31.5 Å². The third-order valence-electron chi connectivity index (χ3n) is 2.41. The Balaban J connectivity index is 2.17. The molecule has 0 unspecified atom stereocenters. The minimum Gasteiger partial charge on any atom is -0.493 e. The molecule has 1 aromatic heterocycles. The molecule has 2 heterocycles. The molecule has 0 bridgehead atoms. The maximum absolute atomic E-state index is 10.5. The molecule has 2 N–H and O–H groups in total. The number of aromatic nitrogens is 1. The lowest BCUT2D eigenvalue weighted by Crippen LogP contribution is -2.01. The van der Waals surface area contributed by atoms with Gasteiger partial charge in [0.25, 0.3) is 0 Å². The molecule has 1 aromatic rings. The van der Waals surface area contributed by atoms with E-state index in [2.05, 4.69) is 9.98 Å². The Morgan fingerprint density at radius 2 is 2.16 bits per heavy atom. The lowest BCUT2D eigenvalue weighted by Gasteiger charge is -2.02. The van der Waals surface area contributed by atoms with Gasteiger partial charge in [-0.05, 0) is 18.6 Å². The van der Waals surface area contributed by atoms with Crippen molar-refractivity contribution in [3.63, 3.8) is 0 Å². The molecular formula is C11H11N3O3S2. The average molecular weight is 297 g/mol. The summed E-state index contributed by atoms with van der Waals surface area (Å²) < 4.78 is 2.03. The zero-order valence-corrected chi connectivity index (χ0v) is 11.4. The number of rotatable bonds is 5. The maximum atomic E-state index is 10.5. The summed E-state index contributed by atoms with van der Waals surface area (Å²) >= 11 is 6.39. The van der Waals surface area contributed by atoms with Crippen molar-refractivity contribution in [2.45, 2.75) is 19.4 Å². The average Bonchev–Trinajstić information content (AvgIpc) is 2.93. The molecule has 0 radical (unpaired) electrons. The fourth-order valence-electron chi connectivity index (χ4n) is 1.54. The highest BCUT2D eigenvalue weighted by Gasteiger charge is 2.11. The number of aliphatic carboxylic acids is 1. The molecule has 0 spiro atoms. The van der Waals surface area contributed by atoms with Crippen LogP contribution in [0.3, 0.4) is 0 Å². The van der Waals surface area contributed by atoms with E-state index in [0.29, 0.717) is 27.6 Å². The van der Waals surface area contributed by atoms with E-state index in [1.54, 1.807) is 18.5 Å². The van der Waals surface area contributed by atoms with Crippen LogP contribution in [0.1, 0.15) is 17.7 Å². The van der Waals surface area contributed by atoms with E-state index in [1.165, 1.54) is 15.9 Å². The quantitative estimate of drug-likeness (QED) is 0.816. The van der Waals surface area contributed by atoms with Gasteiger partial charge in [0.05, 0.1) is 4.88 Å². The first kappa shape index (κ1) is 13.6. The number of carbonyl (C=O) groups is 1. The minimum atomic E-state index is -0.863. The summed E-state index contributed by atoms with van der Waals surface area (Å²) in [6.45, 7) is 0.378. The van der Waals surface area contributed by atoms with Crippen molar-refractivity contribution in [1.82, 2.24) is 4.57 Å². The van der Waals surface area contributed by atoms with E-state index < -0.39 is 5.97 Å². The molecule has 6 nitrogen and oxygen atoms in total. The number of hydrogen-bond acceptors (Lipinski definition) is 6. The molecule has 0 fully saturated rings. The lowest BCUT2D eigenvalue weighted by molar-refractivity contribution is -0.137.